The summed E-state index contributed by atoms with van der Waals surface area (Å²) in [6, 6.07) is 0.699. The Bertz CT molecular complexity index is 358. The van der Waals surface area contributed by atoms with Crippen LogP contribution in [0.1, 0.15) is 50.2 Å². The summed E-state index contributed by atoms with van der Waals surface area (Å²) in [5.74, 6) is 0. The van der Waals surface area contributed by atoms with Gasteiger partial charge in [0.1, 0.15) is 0 Å². The molecule has 0 amide bonds. The summed E-state index contributed by atoms with van der Waals surface area (Å²) in [5, 5.41) is 7.08. The standard InChI is InChI=1S/C15H27N3S/c1-3-6-15-17-13(12-19-15)11-18(9-4-2)14-7-5-8-16-10-14/h12,14,16H,3-11H2,1-2H3. The molecule has 1 aliphatic rings. The van der Waals surface area contributed by atoms with Gasteiger partial charge in [-0.1, -0.05) is 13.8 Å². The SMILES string of the molecule is CCCc1nc(CN(CCC)C2CCCNC2)cs1. The highest BCUT2D eigenvalue weighted by Crippen LogP contribution is 2.17. The van der Waals surface area contributed by atoms with E-state index in [1.807, 2.05) is 11.3 Å². The Morgan fingerprint density at radius 3 is 3.00 bits per heavy atom. The van der Waals surface area contributed by atoms with Crippen molar-refractivity contribution in [2.75, 3.05) is 19.6 Å². The highest BCUT2D eigenvalue weighted by molar-refractivity contribution is 7.09. The molecule has 0 aromatic carbocycles. The Hall–Kier alpha value is -0.450. The molecule has 0 bridgehead atoms. The van der Waals surface area contributed by atoms with E-state index < -0.39 is 0 Å². The summed E-state index contributed by atoms with van der Waals surface area (Å²) in [6.07, 6.45) is 6.19. The molecule has 1 saturated heterocycles. The number of aryl methyl sites for hydroxylation is 1. The molecule has 1 aromatic heterocycles. The van der Waals surface area contributed by atoms with Gasteiger partial charge in [-0.25, -0.2) is 4.98 Å². The number of nitrogens with zero attached hydrogens (tertiary/aromatic N) is 2. The maximum Gasteiger partial charge on any atom is 0.0928 e. The van der Waals surface area contributed by atoms with Crippen molar-refractivity contribution in [3.05, 3.63) is 16.1 Å². The van der Waals surface area contributed by atoms with Crippen LogP contribution in [0.15, 0.2) is 5.38 Å². The lowest BCUT2D eigenvalue weighted by atomic mass is 10.1. The van der Waals surface area contributed by atoms with Crippen LogP contribution in [-0.2, 0) is 13.0 Å². The molecular formula is C15H27N3S. The first kappa shape index (κ1) is 14.9. The van der Waals surface area contributed by atoms with E-state index in [9.17, 15) is 0 Å². The highest BCUT2D eigenvalue weighted by Gasteiger charge is 2.21. The Morgan fingerprint density at radius 2 is 2.32 bits per heavy atom. The summed E-state index contributed by atoms with van der Waals surface area (Å²) in [6.45, 7) is 9.04. The third-order valence-electron chi connectivity index (χ3n) is 3.73. The van der Waals surface area contributed by atoms with Crippen LogP contribution in [0.2, 0.25) is 0 Å². The average Bonchev–Trinajstić information content (AvgIpc) is 2.87. The zero-order valence-electron chi connectivity index (χ0n) is 12.3. The van der Waals surface area contributed by atoms with Crippen LogP contribution in [0, 0.1) is 0 Å². The molecule has 1 aliphatic heterocycles. The quantitative estimate of drug-likeness (QED) is 0.832. The van der Waals surface area contributed by atoms with Crippen LogP contribution in [-0.4, -0.2) is 35.6 Å². The second-order valence-electron chi connectivity index (χ2n) is 5.45. The highest BCUT2D eigenvalue weighted by atomic mass is 32.1. The monoisotopic (exact) mass is 281 g/mol. The molecule has 2 rings (SSSR count). The third-order valence-corrected chi connectivity index (χ3v) is 4.68. The Morgan fingerprint density at radius 1 is 1.42 bits per heavy atom. The Kier molecular flexibility index (Phi) is 6.28. The molecule has 19 heavy (non-hydrogen) atoms. The second kappa shape index (κ2) is 7.98. The lowest BCUT2D eigenvalue weighted by molar-refractivity contribution is 0.156. The summed E-state index contributed by atoms with van der Waals surface area (Å²) in [4.78, 5) is 7.40. The van der Waals surface area contributed by atoms with E-state index in [-0.39, 0.29) is 0 Å². The number of thiazole rings is 1. The number of hydrogen-bond donors (Lipinski definition) is 1. The molecule has 1 fully saturated rings. The molecule has 1 atom stereocenters. The van der Waals surface area contributed by atoms with Crippen molar-refractivity contribution in [2.45, 2.75) is 58.5 Å². The summed E-state index contributed by atoms with van der Waals surface area (Å²) in [5.41, 5.74) is 1.27. The van der Waals surface area contributed by atoms with Crippen LogP contribution < -0.4 is 5.32 Å². The van der Waals surface area contributed by atoms with Crippen LogP contribution >= 0.6 is 11.3 Å². The van der Waals surface area contributed by atoms with Gasteiger partial charge in [0, 0.05) is 24.5 Å². The summed E-state index contributed by atoms with van der Waals surface area (Å²) < 4.78 is 0. The molecule has 1 aromatic rings. The van der Waals surface area contributed by atoms with Crippen molar-refractivity contribution in [2.24, 2.45) is 0 Å². The zero-order chi connectivity index (χ0) is 13.5. The van der Waals surface area contributed by atoms with Crippen molar-refractivity contribution >= 4 is 11.3 Å². The van der Waals surface area contributed by atoms with Crippen molar-refractivity contribution in [1.29, 1.82) is 0 Å². The minimum Gasteiger partial charge on any atom is -0.315 e. The van der Waals surface area contributed by atoms with Crippen LogP contribution in [0.4, 0.5) is 0 Å². The van der Waals surface area contributed by atoms with E-state index in [4.69, 9.17) is 4.98 Å². The maximum absolute atomic E-state index is 4.77. The van der Waals surface area contributed by atoms with Gasteiger partial charge < -0.3 is 5.32 Å². The van der Waals surface area contributed by atoms with E-state index in [2.05, 4.69) is 29.4 Å². The normalized spacial score (nSPS) is 20.1. The summed E-state index contributed by atoms with van der Waals surface area (Å²) >= 11 is 1.83. The molecule has 0 spiro atoms. The number of piperidine rings is 1. The van der Waals surface area contributed by atoms with Gasteiger partial charge in [0.05, 0.1) is 10.7 Å². The van der Waals surface area contributed by atoms with Gasteiger partial charge in [-0.15, -0.1) is 11.3 Å². The molecule has 108 valence electrons. The number of nitrogens with one attached hydrogen (secondary N) is 1. The fourth-order valence-corrected chi connectivity index (χ4v) is 3.67. The van der Waals surface area contributed by atoms with Crippen molar-refractivity contribution in [1.82, 2.24) is 15.2 Å². The van der Waals surface area contributed by atoms with Crippen LogP contribution in [0.5, 0.6) is 0 Å². The zero-order valence-corrected chi connectivity index (χ0v) is 13.1. The van der Waals surface area contributed by atoms with Gasteiger partial charge in [-0.05, 0) is 45.2 Å². The van der Waals surface area contributed by atoms with Gasteiger partial charge in [-0.2, -0.15) is 0 Å². The Balaban J connectivity index is 1.94. The smallest absolute Gasteiger partial charge is 0.0928 e. The number of hydrogen-bond acceptors (Lipinski definition) is 4. The molecule has 1 unspecified atom stereocenters. The third kappa shape index (κ3) is 4.55. The van der Waals surface area contributed by atoms with E-state index in [0.717, 1.165) is 19.5 Å². The van der Waals surface area contributed by atoms with Gasteiger partial charge in [0.25, 0.3) is 0 Å². The van der Waals surface area contributed by atoms with Gasteiger partial charge in [0.2, 0.25) is 0 Å². The maximum atomic E-state index is 4.77. The van der Waals surface area contributed by atoms with Crippen molar-refractivity contribution in [3.63, 3.8) is 0 Å². The van der Waals surface area contributed by atoms with E-state index in [1.165, 1.54) is 49.5 Å². The predicted molar refractivity (Wildman–Crippen MR) is 82.7 cm³/mol. The topological polar surface area (TPSA) is 28.2 Å². The fourth-order valence-electron chi connectivity index (χ4n) is 2.78. The molecule has 4 heteroatoms. The van der Waals surface area contributed by atoms with Crippen LogP contribution in [0.25, 0.3) is 0 Å². The first-order valence-corrected chi connectivity index (χ1v) is 8.59. The second-order valence-corrected chi connectivity index (χ2v) is 6.40. The van der Waals surface area contributed by atoms with Gasteiger partial charge in [0.15, 0.2) is 0 Å². The molecule has 0 saturated carbocycles. The minimum absolute atomic E-state index is 0.699. The summed E-state index contributed by atoms with van der Waals surface area (Å²) in [7, 11) is 0. The lowest BCUT2D eigenvalue weighted by Crippen LogP contribution is -2.45. The number of aromatic nitrogens is 1. The Labute approximate surface area is 121 Å². The molecular weight excluding hydrogens is 254 g/mol. The predicted octanol–water partition coefficient (Wildman–Crippen LogP) is 3.06. The van der Waals surface area contributed by atoms with Gasteiger partial charge >= 0.3 is 0 Å². The fraction of sp³-hybridized carbons (Fsp3) is 0.800. The van der Waals surface area contributed by atoms with Crippen molar-refractivity contribution in [3.8, 4) is 0 Å². The largest absolute Gasteiger partial charge is 0.315 e. The van der Waals surface area contributed by atoms with E-state index in [1.54, 1.807) is 0 Å². The minimum atomic E-state index is 0.699. The van der Waals surface area contributed by atoms with Crippen LogP contribution in [0.3, 0.4) is 0 Å². The van der Waals surface area contributed by atoms with Gasteiger partial charge in [-0.3, -0.25) is 4.90 Å². The molecule has 0 radical (unpaired) electrons. The van der Waals surface area contributed by atoms with Crippen molar-refractivity contribution < 1.29 is 0 Å². The molecule has 2 heterocycles. The average molecular weight is 281 g/mol. The number of rotatable bonds is 7. The lowest BCUT2D eigenvalue weighted by Gasteiger charge is -2.34. The van der Waals surface area contributed by atoms with E-state index in [0.29, 0.717) is 6.04 Å². The van der Waals surface area contributed by atoms with E-state index >= 15 is 0 Å². The first-order chi connectivity index (χ1) is 9.33. The molecule has 0 aliphatic carbocycles. The molecule has 3 nitrogen and oxygen atoms in total. The molecule has 1 N–H and O–H groups in total. The first-order valence-electron chi connectivity index (χ1n) is 7.71.